The Balaban J connectivity index is 3.10. The van der Waals surface area contributed by atoms with Crippen LogP contribution in [0, 0.1) is 0 Å². The second-order valence-electron chi connectivity index (χ2n) is 3.05. The van der Waals surface area contributed by atoms with Gasteiger partial charge >= 0.3 is 0 Å². The van der Waals surface area contributed by atoms with E-state index in [0.717, 1.165) is 7.11 Å². The number of rotatable bonds is 5. The van der Waals surface area contributed by atoms with Crippen molar-refractivity contribution in [3.8, 4) is 11.5 Å². The van der Waals surface area contributed by atoms with Crippen LogP contribution in [0.1, 0.15) is 5.56 Å². The minimum absolute atomic E-state index is 0.246. The lowest BCUT2D eigenvalue weighted by Gasteiger charge is -2.09. The Labute approximate surface area is 95.1 Å². The second kappa shape index (κ2) is 5.18. The van der Waals surface area contributed by atoms with Gasteiger partial charge in [-0.15, -0.1) is 0 Å². The highest BCUT2D eigenvalue weighted by Crippen LogP contribution is 2.25. The van der Waals surface area contributed by atoms with E-state index in [2.05, 4.69) is 4.18 Å². The molecule has 0 radical (unpaired) electrons. The predicted molar refractivity (Wildman–Crippen MR) is 59.2 cm³/mol. The molecule has 1 rings (SSSR count). The number of benzene rings is 1. The van der Waals surface area contributed by atoms with E-state index in [0.29, 0.717) is 17.1 Å². The quantitative estimate of drug-likeness (QED) is 0.730. The van der Waals surface area contributed by atoms with Crippen LogP contribution in [0.4, 0.5) is 0 Å². The molecule has 0 N–H and O–H groups in total. The summed E-state index contributed by atoms with van der Waals surface area (Å²) >= 11 is 0. The highest BCUT2D eigenvalue weighted by Gasteiger charge is 2.14. The highest BCUT2D eigenvalue weighted by molar-refractivity contribution is 7.85. The molecule has 5 nitrogen and oxygen atoms in total. The summed E-state index contributed by atoms with van der Waals surface area (Å²) in [5.41, 5.74) is 0.503. The van der Waals surface area contributed by atoms with Gasteiger partial charge in [0.05, 0.1) is 21.3 Å². The Bertz CT molecular complexity index is 452. The van der Waals surface area contributed by atoms with Crippen LogP contribution in [-0.2, 0) is 20.1 Å². The zero-order valence-corrected chi connectivity index (χ0v) is 10.2. The van der Waals surface area contributed by atoms with Gasteiger partial charge in [-0.2, -0.15) is 8.42 Å². The molecule has 0 saturated carbocycles. The van der Waals surface area contributed by atoms with E-state index in [1.54, 1.807) is 18.2 Å². The number of methoxy groups -OCH3 is 2. The van der Waals surface area contributed by atoms with Crippen LogP contribution >= 0.6 is 0 Å². The molecule has 6 heteroatoms. The van der Waals surface area contributed by atoms with Gasteiger partial charge in [0.2, 0.25) is 0 Å². The van der Waals surface area contributed by atoms with Gasteiger partial charge < -0.3 is 9.47 Å². The summed E-state index contributed by atoms with van der Waals surface area (Å²) in [7, 11) is 0.549. The summed E-state index contributed by atoms with van der Waals surface area (Å²) in [6.45, 7) is 0. The molecule has 1 aromatic rings. The Morgan fingerprint density at radius 3 is 2.31 bits per heavy atom. The third-order valence-corrected chi connectivity index (χ3v) is 3.25. The molecule has 0 saturated heterocycles. The smallest absolute Gasteiger partial charge is 0.271 e. The van der Waals surface area contributed by atoms with E-state index >= 15 is 0 Å². The summed E-state index contributed by atoms with van der Waals surface area (Å²) < 4.78 is 37.1. The SMILES string of the molecule is COc1ccc(OC)c(CS(=O)(=O)OC)c1. The van der Waals surface area contributed by atoms with E-state index in [1.807, 2.05) is 0 Å². The van der Waals surface area contributed by atoms with E-state index < -0.39 is 10.1 Å². The van der Waals surface area contributed by atoms with E-state index in [-0.39, 0.29) is 5.75 Å². The maximum atomic E-state index is 11.3. The Hall–Kier alpha value is -1.27. The Morgan fingerprint density at radius 2 is 1.81 bits per heavy atom. The highest BCUT2D eigenvalue weighted by atomic mass is 32.2. The normalized spacial score (nSPS) is 11.2. The van der Waals surface area contributed by atoms with Crippen molar-refractivity contribution >= 4 is 10.1 Å². The van der Waals surface area contributed by atoms with Crippen molar-refractivity contribution in [3.63, 3.8) is 0 Å². The van der Waals surface area contributed by atoms with Crippen molar-refractivity contribution in [1.29, 1.82) is 0 Å². The first-order valence-corrected chi connectivity index (χ1v) is 6.09. The zero-order valence-electron chi connectivity index (χ0n) is 9.39. The molecule has 0 aliphatic rings. The molecule has 0 aliphatic heterocycles. The summed E-state index contributed by atoms with van der Waals surface area (Å²) in [4.78, 5) is 0. The van der Waals surface area contributed by atoms with Crippen LogP contribution in [0.25, 0.3) is 0 Å². The van der Waals surface area contributed by atoms with Gasteiger partial charge in [0.25, 0.3) is 10.1 Å². The molecule has 0 heterocycles. The molecule has 0 unspecified atom stereocenters. The molecule has 0 amide bonds. The summed E-state index contributed by atoms with van der Waals surface area (Å²) in [5.74, 6) is 0.813. The van der Waals surface area contributed by atoms with Gasteiger partial charge in [-0.1, -0.05) is 0 Å². The van der Waals surface area contributed by atoms with Gasteiger partial charge in [-0.25, -0.2) is 0 Å². The van der Waals surface area contributed by atoms with Crippen LogP contribution in [0.2, 0.25) is 0 Å². The van der Waals surface area contributed by atoms with Crippen molar-refractivity contribution in [3.05, 3.63) is 23.8 Å². The van der Waals surface area contributed by atoms with Gasteiger partial charge in [0, 0.05) is 5.56 Å². The molecule has 0 bridgehead atoms. The van der Waals surface area contributed by atoms with Crippen molar-refractivity contribution < 1.29 is 22.1 Å². The van der Waals surface area contributed by atoms with Gasteiger partial charge in [0.15, 0.2) is 0 Å². The first kappa shape index (κ1) is 12.8. The molecule has 0 aliphatic carbocycles. The Morgan fingerprint density at radius 1 is 1.12 bits per heavy atom. The number of hydrogen-bond donors (Lipinski definition) is 0. The average Bonchev–Trinajstić information content (AvgIpc) is 2.28. The fraction of sp³-hybridized carbons (Fsp3) is 0.400. The molecule has 90 valence electrons. The Kier molecular flexibility index (Phi) is 4.14. The fourth-order valence-corrected chi connectivity index (χ4v) is 1.97. The van der Waals surface area contributed by atoms with Crippen LogP contribution < -0.4 is 9.47 Å². The van der Waals surface area contributed by atoms with Crippen LogP contribution in [-0.4, -0.2) is 29.7 Å². The third kappa shape index (κ3) is 3.11. The lowest BCUT2D eigenvalue weighted by Crippen LogP contribution is -2.07. The first-order chi connectivity index (χ1) is 7.52. The van der Waals surface area contributed by atoms with E-state index in [1.165, 1.54) is 14.2 Å². The van der Waals surface area contributed by atoms with Crippen molar-refractivity contribution in [1.82, 2.24) is 0 Å². The third-order valence-electron chi connectivity index (χ3n) is 2.07. The largest absolute Gasteiger partial charge is 0.497 e. The topological polar surface area (TPSA) is 61.8 Å². The molecular formula is C10H14O5S. The average molecular weight is 246 g/mol. The van der Waals surface area contributed by atoms with Crippen molar-refractivity contribution in [2.45, 2.75) is 5.75 Å². The van der Waals surface area contributed by atoms with E-state index in [4.69, 9.17) is 9.47 Å². The van der Waals surface area contributed by atoms with Crippen LogP contribution in [0.15, 0.2) is 18.2 Å². The monoisotopic (exact) mass is 246 g/mol. The fourth-order valence-electron chi connectivity index (χ4n) is 1.24. The number of hydrogen-bond acceptors (Lipinski definition) is 5. The molecule has 0 atom stereocenters. The predicted octanol–water partition coefficient (Wildman–Crippen LogP) is 1.18. The van der Waals surface area contributed by atoms with Crippen molar-refractivity contribution in [2.24, 2.45) is 0 Å². The molecule has 0 fully saturated rings. The van der Waals surface area contributed by atoms with Crippen LogP contribution in [0.3, 0.4) is 0 Å². The molecule has 0 spiro atoms. The lowest BCUT2D eigenvalue weighted by molar-refractivity contribution is 0.389. The molecule has 1 aromatic carbocycles. The molecular weight excluding hydrogens is 232 g/mol. The summed E-state index contributed by atoms with van der Waals surface area (Å²) in [5, 5.41) is 0. The maximum absolute atomic E-state index is 11.3. The molecule has 16 heavy (non-hydrogen) atoms. The maximum Gasteiger partial charge on any atom is 0.271 e. The van der Waals surface area contributed by atoms with Crippen LogP contribution in [0.5, 0.6) is 11.5 Å². The van der Waals surface area contributed by atoms with Gasteiger partial charge in [-0.3, -0.25) is 4.18 Å². The minimum Gasteiger partial charge on any atom is -0.497 e. The summed E-state index contributed by atoms with van der Waals surface area (Å²) in [6, 6.07) is 4.95. The number of ether oxygens (including phenoxy) is 2. The zero-order chi connectivity index (χ0) is 12.2. The van der Waals surface area contributed by atoms with Crippen molar-refractivity contribution in [2.75, 3.05) is 21.3 Å². The van der Waals surface area contributed by atoms with Gasteiger partial charge in [-0.05, 0) is 18.2 Å². The standard InChI is InChI=1S/C10H14O5S/c1-13-9-4-5-10(14-2)8(6-9)7-16(11,12)15-3/h4-6H,7H2,1-3H3. The second-order valence-corrected chi connectivity index (χ2v) is 4.78. The lowest BCUT2D eigenvalue weighted by atomic mass is 10.2. The summed E-state index contributed by atoms with van der Waals surface area (Å²) in [6.07, 6.45) is 0. The minimum atomic E-state index is -3.57. The first-order valence-electron chi connectivity index (χ1n) is 4.51. The molecule has 0 aromatic heterocycles. The van der Waals surface area contributed by atoms with E-state index in [9.17, 15) is 8.42 Å². The van der Waals surface area contributed by atoms with Gasteiger partial charge in [0.1, 0.15) is 17.3 Å².